The number of halogens is 3. The molecule has 0 saturated carbocycles. The molecule has 1 amide bonds. The lowest BCUT2D eigenvalue weighted by Gasteiger charge is -2.36. The third kappa shape index (κ3) is 3.16. The van der Waals surface area contributed by atoms with Crippen molar-refractivity contribution in [3.8, 4) is 0 Å². The van der Waals surface area contributed by atoms with Gasteiger partial charge in [-0.3, -0.25) is 4.79 Å². The monoisotopic (exact) mass is 264 g/mol. The average Bonchev–Trinajstić information content (AvgIpc) is 2.38. The van der Waals surface area contributed by atoms with Crippen molar-refractivity contribution in [1.82, 2.24) is 10.2 Å². The molecule has 2 aliphatic rings. The van der Waals surface area contributed by atoms with Gasteiger partial charge in [0.25, 0.3) is 0 Å². The molecule has 2 rings (SSSR count). The fourth-order valence-electron chi connectivity index (χ4n) is 2.73. The van der Waals surface area contributed by atoms with Crippen molar-refractivity contribution in [2.75, 3.05) is 19.6 Å². The minimum atomic E-state index is -4.18. The molecular weight excluding hydrogens is 245 g/mol. The molecule has 0 spiro atoms. The molecule has 1 N–H and O–H groups in total. The Morgan fingerprint density at radius 3 is 2.56 bits per heavy atom. The molecule has 0 aromatic carbocycles. The summed E-state index contributed by atoms with van der Waals surface area (Å²) in [6.07, 6.45) is -0.839. The molecule has 1 unspecified atom stereocenters. The van der Waals surface area contributed by atoms with Gasteiger partial charge in [0.1, 0.15) is 0 Å². The topological polar surface area (TPSA) is 32.3 Å². The Morgan fingerprint density at radius 2 is 1.94 bits per heavy atom. The first kappa shape index (κ1) is 13.6. The van der Waals surface area contributed by atoms with Crippen LogP contribution in [-0.2, 0) is 4.79 Å². The van der Waals surface area contributed by atoms with E-state index in [4.69, 9.17) is 0 Å². The maximum Gasteiger partial charge on any atom is 0.393 e. The molecule has 2 atom stereocenters. The van der Waals surface area contributed by atoms with E-state index in [-0.39, 0.29) is 24.9 Å². The van der Waals surface area contributed by atoms with E-state index < -0.39 is 12.1 Å². The third-order valence-corrected chi connectivity index (χ3v) is 3.80. The normalized spacial score (nSPS) is 30.3. The van der Waals surface area contributed by atoms with Crippen molar-refractivity contribution < 1.29 is 18.0 Å². The van der Waals surface area contributed by atoms with Gasteiger partial charge in [-0.25, -0.2) is 0 Å². The second-order valence-electron chi connectivity index (χ2n) is 5.17. The molecule has 18 heavy (non-hydrogen) atoms. The number of carbonyl (C=O) groups excluding carboxylic acids is 1. The average molecular weight is 264 g/mol. The van der Waals surface area contributed by atoms with Crippen LogP contribution in [0.25, 0.3) is 0 Å². The second kappa shape index (κ2) is 5.47. The number of hydrogen-bond acceptors (Lipinski definition) is 2. The Hall–Kier alpha value is -0.780. The predicted molar refractivity (Wildman–Crippen MR) is 61.0 cm³/mol. The van der Waals surface area contributed by atoms with Gasteiger partial charge in [0, 0.05) is 13.1 Å². The largest absolute Gasteiger partial charge is 0.393 e. The van der Waals surface area contributed by atoms with E-state index in [1.54, 1.807) is 0 Å². The standard InChI is InChI=1S/C12H19F3N2O/c13-12(14,15)9-4-3-7-17(8-9)11(18)10-5-1-2-6-16-10/h9-10,16H,1-8H2/t9?,10-/m1/s1. The number of nitrogens with one attached hydrogen (secondary N) is 1. The number of nitrogens with zero attached hydrogens (tertiary/aromatic N) is 1. The summed E-state index contributed by atoms with van der Waals surface area (Å²) < 4.78 is 38.0. The Kier molecular flexibility index (Phi) is 4.14. The van der Waals surface area contributed by atoms with E-state index in [1.165, 1.54) is 4.90 Å². The second-order valence-corrected chi connectivity index (χ2v) is 5.17. The van der Waals surface area contributed by atoms with Crippen LogP contribution in [0, 0.1) is 5.92 Å². The fourth-order valence-corrected chi connectivity index (χ4v) is 2.73. The van der Waals surface area contributed by atoms with Crippen LogP contribution in [-0.4, -0.2) is 42.7 Å². The number of carbonyl (C=O) groups is 1. The van der Waals surface area contributed by atoms with Crippen molar-refractivity contribution in [2.24, 2.45) is 5.92 Å². The van der Waals surface area contributed by atoms with Crippen LogP contribution < -0.4 is 5.32 Å². The van der Waals surface area contributed by atoms with Crippen LogP contribution in [0.2, 0.25) is 0 Å². The lowest BCUT2D eigenvalue weighted by molar-refractivity contribution is -0.188. The van der Waals surface area contributed by atoms with E-state index in [1.807, 2.05) is 0 Å². The number of piperidine rings is 2. The van der Waals surface area contributed by atoms with Gasteiger partial charge in [0.2, 0.25) is 5.91 Å². The summed E-state index contributed by atoms with van der Waals surface area (Å²) in [4.78, 5) is 13.5. The molecule has 0 radical (unpaired) electrons. The Morgan fingerprint density at radius 1 is 1.17 bits per heavy atom. The van der Waals surface area contributed by atoms with Crippen LogP contribution in [0.15, 0.2) is 0 Å². The van der Waals surface area contributed by atoms with Crippen molar-refractivity contribution in [1.29, 1.82) is 0 Å². The van der Waals surface area contributed by atoms with E-state index in [0.29, 0.717) is 13.0 Å². The van der Waals surface area contributed by atoms with Crippen molar-refractivity contribution in [3.05, 3.63) is 0 Å². The van der Waals surface area contributed by atoms with Gasteiger partial charge in [-0.1, -0.05) is 6.42 Å². The maximum atomic E-state index is 12.7. The number of rotatable bonds is 1. The van der Waals surface area contributed by atoms with Gasteiger partial charge in [0.05, 0.1) is 12.0 Å². The molecule has 0 bridgehead atoms. The highest BCUT2D eigenvalue weighted by atomic mass is 19.4. The summed E-state index contributed by atoms with van der Waals surface area (Å²) in [6, 6.07) is -0.272. The zero-order chi connectivity index (χ0) is 13.2. The Balaban J connectivity index is 1.93. The first-order valence-electron chi connectivity index (χ1n) is 6.57. The van der Waals surface area contributed by atoms with Crippen molar-refractivity contribution in [3.63, 3.8) is 0 Å². The lowest BCUT2D eigenvalue weighted by atomic mass is 9.96. The SMILES string of the molecule is O=C([C@H]1CCCCN1)N1CCCC(C(F)(F)F)C1. The molecule has 0 aliphatic carbocycles. The Labute approximate surface area is 105 Å². The summed E-state index contributed by atoms with van der Waals surface area (Å²) in [5.41, 5.74) is 0. The third-order valence-electron chi connectivity index (χ3n) is 3.80. The highest BCUT2D eigenvalue weighted by Gasteiger charge is 2.43. The molecule has 2 heterocycles. The van der Waals surface area contributed by atoms with Crippen molar-refractivity contribution in [2.45, 2.75) is 44.3 Å². The van der Waals surface area contributed by atoms with Crippen molar-refractivity contribution >= 4 is 5.91 Å². The molecule has 2 saturated heterocycles. The maximum absolute atomic E-state index is 12.7. The summed E-state index contributed by atoms with van der Waals surface area (Å²) in [5, 5.41) is 3.10. The van der Waals surface area contributed by atoms with Gasteiger partial charge in [-0.2, -0.15) is 13.2 Å². The van der Waals surface area contributed by atoms with Gasteiger partial charge in [0.15, 0.2) is 0 Å². The minimum Gasteiger partial charge on any atom is -0.341 e. The number of hydrogen-bond donors (Lipinski definition) is 1. The van der Waals surface area contributed by atoms with Gasteiger partial charge < -0.3 is 10.2 Å². The molecule has 0 aromatic heterocycles. The quantitative estimate of drug-likeness (QED) is 0.785. The molecule has 2 aliphatic heterocycles. The fraction of sp³-hybridized carbons (Fsp3) is 0.917. The van der Waals surface area contributed by atoms with E-state index in [2.05, 4.69) is 5.32 Å². The number of amides is 1. The smallest absolute Gasteiger partial charge is 0.341 e. The number of alkyl halides is 3. The number of likely N-dealkylation sites (tertiary alicyclic amines) is 1. The Bertz CT molecular complexity index is 300. The first-order chi connectivity index (χ1) is 8.48. The predicted octanol–water partition coefficient (Wildman–Crippen LogP) is 1.93. The van der Waals surface area contributed by atoms with Crippen LogP contribution in [0.3, 0.4) is 0 Å². The molecule has 3 nitrogen and oxygen atoms in total. The lowest BCUT2D eigenvalue weighted by Crippen LogP contribution is -2.52. The molecule has 2 fully saturated rings. The first-order valence-corrected chi connectivity index (χ1v) is 6.57. The highest BCUT2D eigenvalue weighted by molar-refractivity contribution is 5.82. The molecule has 6 heteroatoms. The summed E-state index contributed by atoms with van der Waals surface area (Å²) >= 11 is 0. The van der Waals surface area contributed by atoms with Gasteiger partial charge in [-0.15, -0.1) is 0 Å². The summed E-state index contributed by atoms with van der Waals surface area (Å²) in [6.45, 7) is 1.08. The van der Waals surface area contributed by atoms with Crippen LogP contribution in [0.4, 0.5) is 13.2 Å². The highest BCUT2D eigenvalue weighted by Crippen LogP contribution is 2.33. The van der Waals surface area contributed by atoms with E-state index in [0.717, 1.165) is 25.8 Å². The van der Waals surface area contributed by atoms with Gasteiger partial charge in [-0.05, 0) is 32.2 Å². The van der Waals surface area contributed by atoms with Crippen LogP contribution in [0.5, 0.6) is 0 Å². The van der Waals surface area contributed by atoms with Crippen LogP contribution in [0.1, 0.15) is 32.1 Å². The summed E-state index contributed by atoms with van der Waals surface area (Å²) in [5.74, 6) is -1.50. The minimum absolute atomic E-state index is 0.144. The van der Waals surface area contributed by atoms with Crippen LogP contribution >= 0.6 is 0 Å². The van der Waals surface area contributed by atoms with Gasteiger partial charge >= 0.3 is 6.18 Å². The van der Waals surface area contributed by atoms with E-state index in [9.17, 15) is 18.0 Å². The zero-order valence-electron chi connectivity index (χ0n) is 10.3. The zero-order valence-corrected chi connectivity index (χ0v) is 10.3. The van der Waals surface area contributed by atoms with E-state index >= 15 is 0 Å². The summed E-state index contributed by atoms with van der Waals surface area (Å²) in [7, 11) is 0. The molecule has 104 valence electrons. The molecular formula is C12H19F3N2O. The molecule has 0 aromatic rings.